The first-order valence-electron chi connectivity index (χ1n) is 9.66. The van der Waals surface area contributed by atoms with Gasteiger partial charge in [0.1, 0.15) is 6.54 Å². The number of hydrogen-bond acceptors (Lipinski definition) is 7. The molecule has 0 unspecified atom stereocenters. The van der Waals surface area contributed by atoms with Gasteiger partial charge in [0.2, 0.25) is 5.91 Å². The second-order valence-corrected chi connectivity index (χ2v) is 8.19. The van der Waals surface area contributed by atoms with Crippen LogP contribution < -0.4 is 14.8 Å². The molecule has 166 valence electrons. The van der Waals surface area contributed by atoms with Crippen molar-refractivity contribution < 1.29 is 28.7 Å². The van der Waals surface area contributed by atoms with Crippen molar-refractivity contribution in [3.05, 3.63) is 58.0 Å². The first kappa shape index (κ1) is 23.1. The van der Waals surface area contributed by atoms with E-state index in [9.17, 15) is 19.2 Å². The third kappa shape index (κ3) is 5.55. The van der Waals surface area contributed by atoms with Crippen LogP contribution in [0.15, 0.2) is 41.3 Å². The highest BCUT2D eigenvalue weighted by atomic mass is 32.2. The lowest BCUT2D eigenvalue weighted by molar-refractivity contribution is -0.132. The molecule has 3 amide bonds. The van der Waals surface area contributed by atoms with E-state index in [-0.39, 0.29) is 17.2 Å². The highest BCUT2D eigenvalue weighted by molar-refractivity contribution is 8.18. The zero-order valence-electron chi connectivity index (χ0n) is 18.1. The molecule has 0 radical (unpaired) electrons. The van der Waals surface area contributed by atoms with Crippen molar-refractivity contribution in [3.63, 3.8) is 0 Å². The van der Waals surface area contributed by atoms with Crippen molar-refractivity contribution >= 4 is 46.5 Å². The summed E-state index contributed by atoms with van der Waals surface area (Å²) >= 11 is 0.750. The molecule has 3 rings (SSSR count). The van der Waals surface area contributed by atoms with Crippen molar-refractivity contribution in [2.75, 3.05) is 19.0 Å². The Morgan fingerprint density at radius 1 is 1.06 bits per heavy atom. The van der Waals surface area contributed by atoms with Crippen LogP contribution in [0, 0.1) is 13.8 Å². The van der Waals surface area contributed by atoms with Crippen LogP contribution in [0.2, 0.25) is 0 Å². The summed E-state index contributed by atoms with van der Waals surface area (Å²) in [5.74, 6) is -0.963. The van der Waals surface area contributed by atoms with Crippen LogP contribution in [-0.2, 0) is 14.4 Å². The van der Waals surface area contributed by atoms with Crippen LogP contribution in [0.5, 0.6) is 11.5 Å². The van der Waals surface area contributed by atoms with Gasteiger partial charge in [-0.3, -0.25) is 24.1 Å². The molecule has 0 aromatic heterocycles. The number of benzene rings is 2. The molecule has 2 aromatic rings. The molecule has 0 atom stereocenters. The third-order valence-electron chi connectivity index (χ3n) is 4.42. The van der Waals surface area contributed by atoms with E-state index in [0.29, 0.717) is 17.0 Å². The Kier molecular flexibility index (Phi) is 6.99. The lowest BCUT2D eigenvalue weighted by Gasteiger charge is -2.13. The molecule has 1 N–H and O–H groups in total. The molecule has 1 aliphatic heterocycles. The van der Waals surface area contributed by atoms with Gasteiger partial charge < -0.3 is 14.8 Å². The maximum atomic E-state index is 12.7. The van der Waals surface area contributed by atoms with Crippen LogP contribution >= 0.6 is 11.8 Å². The van der Waals surface area contributed by atoms with Crippen LogP contribution in [0.4, 0.5) is 10.5 Å². The van der Waals surface area contributed by atoms with Crippen molar-refractivity contribution in [1.82, 2.24) is 4.90 Å². The molecule has 2 aromatic carbocycles. The molecule has 1 fully saturated rings. The number of imide groups is 1. The van der Waals surface area contributed by atoms with Crippen LogP contribution in [0.3, 0.4) is 0 Å². The van der Waals surface area contributed by atoms with E-state index in [1.165, 1.54) is 26.2 Å². The average Bonchev–Trinajstić information content (AvgIpc) is 2.95. The number of methoxy groups -OCH3 is 1. The number of amides is 3. The SMILES string of the molecule is COc1cc(/C=C2\SC(=O)N(CC(=O)Nc3cc(C)cc(C)c3)C2=O)ccc1OC(C)=O. The minimum Gasteiger partial charge on any atom is -0.493 e. The van der Waals surface area contributed by atoms with E-state index in [4.69, 9.17) is 9.47 Å². The lowest BCUT2D eigenvalue weighted by Crippen LogP contribution is -2.36. The number of nitrogens with zero attached hydrogens (tertiary/aromatic N) is 1. The predicted molar refractivity (Wildman–Crippen MR) is 122 cm³/mol. The number of esters is 1. The van der Waals surface area contributed by atoms with Gasteiger partial charge in [-0.2, -0.15) is 0 Å². The van der Waals surface area contributed by atoms with E-state index in [1.807, 2.05) is 32.0 Å². The maximum Gasteiger partial charge on any atom is 0.308 e. The maximum absolute atomic E-state index is 12.7. The highest BCUT2D eigenvalue weighted by Crippen LogP contribution is 2.34. The third-order valence-corrected chi connectivity index (χ3v) is 5.33. The molecule has 0 aliphatic carbocycles. The number of nitrogens with one attached hydrogen (secondary N) is 1. The highest BCUT2D eigenvalue weighted by Gasteiger charge is 2.36. The van der Waals surface area contributed by atoms with E-state index in [2.05, 4.69) is 5.32 Å². The number of aryl methyl sites for hydroxylation is 2. The summed E-state index contributed by atoms with van der Waals surface area (Å²) in [6, 6.07) is 10.3. The van der Waals surface area contributed by atoms with Gasteiger partial charge in [0.15, 0.2) is 11.5 Å². The molecular formula is C23H22N2O6S. The Bertz CT molecular complexity index is 1120. The van der Waals surface area contributed by atoms with Crippen LogP contribution in [-0.4, -0.2) is 41.6 Å². The van der Waals surface area contributed by atoms with E-state index < -0.39 is 23.0 Å². The van der Waals surface area contributed by atoms with E-state index in [1.54, 1.807) is 12.1 Å². The molecule has 1 heterocycles. The van der Waals surface area contributed by atoms with Gasteiger partial charge in [-0.15, -0.1) is 0 Å². The lowest BCUT2D eigenvalue weighted by atomic mass is 10.1. The smallest absolute Gasteiger partial charge is 0.308 e. The zero-order chi connectivity index (χ0) is 23.4. The number of carbonyl (C=O) groups is 4. The largest absolute Gasteiger partial charge is 0.493 e. The fourth-order valence-electron chi connectivity index (χ4n) is 3.19. The number of rotatable bonds is 6. The van der Waals surface area contributed by atoms with Crippen molar-refractivity contribution in [2.24, 2.45) is 0 Å². The summed E-state index contributed by atoms with van der Waals surface area (Å²) < 4.78 is 10.3. The first-order valence-corrected chi connectivity index (χ1v) is 10.5. The van der Waals surface area contributed by atoms with Crippen molar-refractivity contribution in [2.45, 2.75) is 20.8 Å². The standard InChI is InChI=1S/C23H22N2O6S/c1-13-7-14(2)9-17(8-13)24-21(27)12-25-22(28)20(32-23(25)29)11-16-5-6-18(31-15(3)26)19(10-16)30-4/h5-11H,12H2,1-4H3,(H,24,27)/b20-11-. The molecule has 0 saturated carbocycles. The Morgan fingerprint density at radius 3 is 2.38 bits per heavy atom. The summed E-state index contributed by atoms with van der Waals surface area (Å²) in [5, 5.41) is 2.19. The van der Waals surface area contributed by atoms with Gasteiger partial charge in [0, 0.05) is 12.6 Å². The fraction of sp³-hybridized carbons (Fsp3) is 0.217. The van der Waals surface area contributed by atoms with Crippen LogP contribution in [0.25, 0.3) is 6.08 Å². The van der Waals surface area contributed by atoms with Gasteiger partial charge in [-0.05, 0) is 72.6 Å². The first-order chi connectivity index (χ1) is 15.2. The summed E-state index contributed by atoms with van der Waals surface area (Å²) in [6.07, 6.45) is 1.52. The average molecular weight is 455 g/mol. The van der Waals surface area contributed by atoms with Crippen molar-refractivity contribution in [1.29, 1.82) is 0 Å². The Morgan fingerprint density at radius 2 is 1.75 bits per heavy atom. The molecule has 1 aliphatic rings. The summed E-state index contributed by atoms with van der Waals surface area (Å²) in [7, 11) is 1.42. The molecular weight excluding hydrogens is 432 g/mol. The quantitative estimate of drug-likeness (QED) is 0.401. The number of hydrogen-bond donors (Lipinski definition) is 1. The summed E-state index contributed by atoms with van der Waals surface area (Å²) in [6.45, 7) is 4.72. The Hall–Kier alpha value is -3.59. The van der Waals surface area contributed by atoms with Gasteiger partial charge in [-0.1, -0.05) is 12.1 Å². The minimum atomic E-state index is -0.557. The Labute approximate surface area is 189 Å². The summed E-state index contributed by atoms with van der Waals surface area (Å²) in [4.78, 5) is 49.7. The number of carbonyl (C=O) groups excluding carboxylic acids is 4. The molecule has 32 heavy (non-hydrogen) atoms. The topological polar surface area (TPSA) is 102 Å². The second kappa shape index (κ2) is 9.69. The molecule has 8 nitrogen and oxygen atoms in total. The van der Waals surface area contributed by atoms with Crippen molar-refractivity contribution in [3.8, 4) is 11.5 Å². The van der Waals surface area contributed by atoms with Gasteiger partial charge in [0.25, 0.3) is 11.1 Å². The second-order valence-electron chi connectivity index (χ2n) is 7.20. The molecule has 0 bridgehead atoms. The summed E-state index contributed by atoms with van der Waals surface area (Å²) in [5.41, 5.74) is 3.16. The number of ether oxygens (including phenoxy) is 2. The van der Waals surface area contributed by atoms with Gasteiger partial charge >= 0.3 is 5.97 Å². The monoisotopic (exact) mass is 454 g/mol. The van der Waals surface area contributed by atoms with E-state index >= 15 is 0 Å². The van der Waals surface area contributed by atoms with Crippen LogP contribution in [0.1, 0.15) is 23.6 Å². The number of anilines is 1. The fourth-order valence-corrected chi connectivity index (χ4v) is 4.03. The normalized spacial score (nSPS) is 14.6. The molecule has 1 saturated heterocycles. The molecule has 9 heteroatoms. The zero-order valence-corrected chi connectivity index (χ0v) is 18.9. The Balaban J connectivity index is 1.73. The minimum absolute atomic E-state index is 0.177. The van der Waals surface area contributed by atoms with E-state index in [0.717, 1.165) is 27.8 Å². The predicted octanol–water partition coefficient (Wildman–Crippen LogP) is 3.91. The molecule has 0 spiro atoms. The number of thioether (sulfide) groups is 1. The van der Waals surface area contributed by atoms with Gasteiger partial charge in [0.05, 0.1) is 12.0 Å². The van der Waals surface area contributed by atoms with Gasteiger partial charge in [-0.25, -0.2) is 0 Å².